The minimum Gasteiger partial charge on any atom is -0.484 e. The lowest BCUT2D eigenvalue weighted by Gasteiger charge is -2.27. The van der Waals surface area contributed by atoms with E-state index in [0.29, 0.717) is 18.1 Å². The third-order valence-corrected chi connectivity index (χ3v) is 4.40. The van der Waals surface area contributed by atoms with Crippen LogP contribution >= 0.6 is 0 Å². The molecule has 0 unspecified atom stereocenters. The van der Waals surface area contributed by atoms with E-state index in [9.17, 15) is 4.79 Å². The molecular formula is C18H26N2O3. The van der Waals surface area contributed by atoms with Gasteiger partial charge in [-0.05, 0) is 50.3 Å². The third kappa shape index (κ3) is 5.22. The van der Waals surface area contributed by atoms with Crippen LogP contribution in [-0.4, -0.2) is 37.8 Å². The summed E-state index contributed by atoms with van der Waals surface area (Å²) in [4.78, 5) is 11.6. The Morgan fingerprint density at radius 3 is 2.52 bits per heavy atom. The maximum Gasteiger partial charge on any atom is 0.258 e. The molecule has 1 heterocycles. The second-order valence-corrected chi connectivity index (χ2v) is 6.47. The largest absolute Gasteiger partial charge is 0.484 e. The van der Waals surface area contributed by atoms with Crippen molar-refractivity contribution in [1.29, 1.82) is 0 Å². The smallest absolute Gasteiger partial charge is 0.258 e. The van der Waals surface area contributed by atoms with Gasteiger partial charge in [-0.25, -0.2) is 0 Å². The van der Waals surface area contributed by atoms with Crippen LogP contribution in [0.4, 0.5) is 0 Å². The van der Waals surface area contributed by atoms with Crippen LogP contribution in [0.25, 0.3) is 0 Å². The number of hydrogen-bond donors (Lipinski definition) is 2. The zero-order valence-corrected chi connectivity index (χ0v) is 13.7. The van der Waals surface area contributed by atoms with Gasteiger partial charge in [-0.1, -0.05) is 12.1 Å². The molecule has 23 heavy (non-hydrogen) atoms. The van der Waals surface area contributed by atoms with Gasteiger partial charge in [0.05, 0.1) is 0 Å². The molecule has 1 atom stereocenters. The Balaban J connectivity index is 1.44. The summed E-state index contributed by atoms with van der Waals surface area (Å²) >= 11 is 0. The van der Waals surface area contributed by atoms with Crippen LogP contribution in [-0.2, 0) is 9.53 Å². The Morgan fingerprint density at radius 1 is 1.17 bits per heavy atom. The van der Waals surface area contributed by atoms with Gasteiger partial charge in [0, 0.05) is 31.3 Å². The molecule has 5 nitrogen and oxygen atoms in total. The van der Waals surface area contributed by atoms with Gasteiger partial charge in [-0.15, -0.1) is 0 Å². The molecule has 1 aromatic rings. The van der Waals surface area contributed by atoms with E-state index in [1.807, 2.05) is 12.1 Å². The van der Waals surface area contributed by atoms with E-state index in [4.69, 9.17) is 9.47 Å². The number of hydrogen-bond acceptors (Lipinski definition) is 4. The quantitative estimate of drug-likeness (QED) is 0.809. The van der Waals surface area contributed by atoms with Crippen LogP contribution in [0.2, 0.25) is 0 Å². The molecule has 1 amide bonds. The minimum absolute atomic E-state index is 0.0360. The van der Waals surface area contributed by atoms with E-state index in [1.165, 1.54) is 5.56 Å². The monoisotopic (exact) mass is 318 g/mol. The molecule has 2 aliphatic rings. The lowest BCUT2D eigenvalue weighted by atomic mass is 10.0. The predicted molar refractivity (Wildman–Crippen MR) is 88.5 cm³/mol. The number of benzene rings is 1. The Morgan fingerprint density at radius 2 is 1.87 bits per heavy atom. The summed E-state index contributed by atoms with van der Waals surface area (Å²) in [5.74, 6) is 0.698. The third-order valence-electron chi connectivity index (χ3n) is 4.40. The molecule has 1 aliphatic carbocycles. The predicted octanol–water partition coefficient (Wildman–Crippen LogP) is 2.17. The summed E-state index contributed by atoms with van der Waals surface area (Å²) in [6.45, 7) is 3.96. The van der Waals surface area contributed by atoms with Crippen LogP contribution in [0.15, 0.2) is 24.3 Å². The summed E-state index contributed by atoms with van der Waals surface area (Å²) in [5.41, 5.74) is 1.23. The zero-order valence-electron chi connectivity index (χ0n) is 13.7. The molecule has 126 valence electrons. The maximum absolute atomic E-state index is 11.6. The van der Waals surface area contributed by atoms with E-state index in [2.05, 4.69) is 29.7 Å². The van der Waals surface area contributed by atoms with Gasteiger partial charge in [0.2, 0.25) is 0 Å². The molecule has 2 fully saturated rings. The van der Waals surface area contributed by atoms with Gasteiger partial charge >= 0.3 is 0 Å². The van der Waals surface area contributed by atoms with Gasteiger partial charge < -0.3 is 20.1 Å². The van der Waals surface area contributed by atoms with Crippen molar-refractivity contribution in [2.24, 2.45) is 0 Å². The van der Waals surface area contributed by atoms with Crippen LogP contribution < -0.4 is 15.4 Å². The summed E-state index contributed by atoms with van der Waals surface area (Å²) in [6, 6.07) is 9.19. The topological polar surface area (TPSA) is 59.6 Å². The fourth-order valence-corrected chi connectivity index (χ4v) is 2.81. The lowest BCUT2D eigenvalue weighted by molar-refractivity contribution is -0.123. The van der Waals surface area contributed by atoms with Crippen molar-refractivity contribution in [3.8, 4) is 5.75 Å². The summed E-state index contributed by atoms with van der Waals surface area (Å²) in [6.07, 6.45) is 4.33. The molecule has 1 aromatic carbocycles. The lowest BCUT2D eigenvalue weighted by Crippen LogP contribution is -2.36. The van der Waals surface area contributed by atoms with Crippen molar-refractivity contribution < 1.29 is 14.3 Å². The van der Waals surface area contributed by atoms with E-state index in [0.717, 1.165) is 44.6 Å². The first-order valence-corrected chi connectivity index (χ1v) is 8.56. The fourth-order valence-electron chi connectivity index (χ4n) is 2.81. The van der Waals surface area contributed by atoms with Crippen molar-refractivity contribution in [3.63, 3.8) is 0 Å². The molecule has 2 N–H and O–H groups in total. The number of ether oxygens (including phenoxy) is 2. The van der Waals surface area contributed by atoms with Crippen LogP contribution in [0.5, 0.6) is 5.75 Å². The standard InChI is InChI=1S/C18H26N2O3/c1-13(19-16-8-10-22-11-9-16)14-2-6-17(7-3-14)23-12-18(21)20-15-4-5-15/h2-3,6-7,13,15-16,19H,4-5,8-12H2,1H3,(H,20,21)/t13-/m0/s1. The normalized spacial score (nSPS) is 20.0. The molecule has 0 spiro atoms. The van der Waals surface area contributed by atoms with Crippen LogP contribution in [0.1, 0.15) is 44.2 Å². The highest BCUT2D eigenvalue weighted by Gasteiger charge is 2.23. The summed E-state index contributed by atoms with van der Waals surface area (Å²) in [5, 5.41) is 6.56. The van der Waals surface area contributed by atoms with Crippen molar-refractivity contribution in [2.45, 2.75) is 50.7 Å². The zero-order chi connectivity index (χ0) is 16.1. The molecule has 0 bridgehead atoms. The first-order chi connectivity index (χ1) is 11.2. The van der Waals surface area contributed by atoms with Gasteiger partial charge in [-0.2, -0.15) is 0 Å². The van der Waals surface area contributed by atoms with Crippen LogP contribution in [0.3, 0.4) is 0 Å². The highest BCUT2D eigenvalue weighted by Crippen LogP contribution is 2.20. The average molecular weight is 318 g/mol. The Hall–Kier alpha value is -1.59. The van der Waals surface area contributed by atoms with Crippen molar-refractivity contribution in [3.05, 3.63) is 29.8 Å². The molecule has 3 rings (SSSR count). The van der Waals surface area contributed by atoms with Gasteiger partial charge in [-0.3, -0.25) is 4.79 Å². The van der Waals surface area contributed by atoms with E-state index < -0.39 is 0 Å². The molecule has 1 saturated carbocycles. The average Bonchev–Trinajstić information content (AvgIpc) is 3.38. The van der Waals surface area contributed by atoms with Gasteiger partial charge in [0.15, 0.2) is 6.61 Å². The Kier molecular flexibility index (Phi) is 5.51. The van der Waals surface area contributed by atoms with E-state index >= 15 is 0 Å². The molecule has 0 aromatic heterocycles. The Labute approximate surface area is 137 Å². The molecule has 1 aliphatic heterocycles. The fraction of sp³-hybridized carbons (Fsp3) is 0.611. The number of amides is 1. The minimum atomic E-state index is -0.0360. The second-order valence-electron chi connectivity index (χ2n) is 6.47. The molecule has 1 saturated heterocycles. The highest BCUT2D eigenvalue weighted by molar-refractivity contribution is 5.78. The second kappa shape index (κ2) is 7.79. The van der Waals surface area contributed by atoms with E-state index in [1.54, 1.807) is 0 Å². The number of carbonyl (C=O) groups is 1. The van der Waals surface area contributed by atoms with E-state index in [-0.39, 0.29) is 12.5 Å². The van der Waals surface area contributed by atoms with Crippen molar-refractivity contribution in [1.82, 2.24) is 10.6 Å². The van der Waals surface area contributed by atoms with Gasteiger partial charge in [0.25, 0.3) is 5.91 Å². The molecular weight excluding hydrogens is 292 g/mol. The molecule has 5 heteroatoms. The van der Waals surface area contributed by atoms with Gasteiger partial charge in [0.1, 0.15) is 5.75 Å². The first kappa shape index (κ1) is 16.3. The summed E-state index contributed by atoms with van der Waals surface area (Å²) in [7, 11) is 0. The number of rotatable bonds is 7. The van der Waals surface area contributed by atoms with Crippen molar-refractivity contribution in [2.75, 3.05) is 19.8 Å². The van der Waals surface area contributed by atoms with Crippen molar-refractivity contribution >= 4 is 5.91 Å². The maximum atomic E-state index is 11.6. The van der Waals surface area contributed by atoms with Crippen LogP contribution in [0, 0.1) is 0 Å². The first-order valence-electron chi connectivity index (χ1n) is 8.56. The molecule has 0 radical (unpaired) electrons. The SMILES string of the molecule is C[C@H](NC1CCOCC1)c1ccc(OCC(=O)NC2CC2)cc1. The summed E-state index contributed by atoms with van der Waals surface area (Å²) < 4.78 is 10.9. The number of carbonyl (C=O) groups excluding carboxylic acids is 1. The Bertz CT molecular complexity index is 508. The number of nitrogens with one attached hydrogen (secondary N) is 2. The highest BCUT2D eigenvalue weighted by atomic mass is 16.5.